The van der Waals surface area contributed by atoms with Gasteiger partial charge in [0.15, 0.2) is 0 Å². The standard InChI is InChI=1S/C34H42N2O5Si/c1-34(2,3)42(21-13-14-22-42)41-32(38)30(24-27-17-9-5-10-18-27)35-31(37)29(23-26-15-7-4-8-16-26)36-33(39)40-25-28-19-11-6-12-20-28/h4-12,15-20,29-30H,13-14,21-25H2,1-3H3,(H,35,37)(H,36,39)/t29-,30-/m0/s1. The molecule has 222 valence electrons. The van der Waals surface area contributed by atoms with Gasteiger partial charge in [0.05, 0.1) is 0 Å². The number of benzene rings is 3. The van der Waals surface area contributed by atoms with Crippen LogP contribution in [-0.4, -0.2) is 38.4 Å². The maximum atomic E-state index is 13.8. The van der Waals surface area contributed by atoms with Crippen molar-refractivity contribution in [2.75, 3.05) is 0 Å². The summed E-state index contributed by atoms with van der Waals surface area (Å²) < 4.78 is 11.9. The zero-order valence-corrected chi connectivity index (χ0v) is 25.8. The van der Waals surface area contributed by atoms with Crippen LogP contribution in [0.25, 0.3) is 0 Å². The Morgan fingerprint density at radius 1 is 0.714 bits per heavy atom. The summed E-state index contributed by atoms with van der Waals surface area (Å²) >= 11 is 0. The van der Waals surface area contributed by atoms with Gasteiger partial charge in [0.1, 0.15) is 18.7 Å². The van der Waals surface area contributed by atoms with Gasteiger partial charge in [0.25, 0.3) is 8.32 Å². The molecule has 0 aromatic heterocycles. The number of carbonyl (C=O) groups excluding carboxylic acids is 3. The first-order valence-electron chi connectivity index (χ1n) is 14.7. The van der Waals surface area contributed by atoms with Crippen molar-refractivity contribution in [2.45, 2.75) is 82.3 Å². The largest absolute Gasteiger partial charge is 0.517 e. The van der Waals surface area contributed by atoms with E-state index in [2.05, 4.69) is 31.4 Å². The zero-order chi connectivity index (χ0) is 30.0. The molecule has 3 aromatic rings. The van der Waals surface area contributed by atoms with Crippen molar-refractivity contribution in [2.24, 2.45) is 0 Å². The minimum atomic E-state index is -2.38. The summed E-state index contributed by atoms with van der Waals surface area (Å²) in [6.45, 7) is 6.55. The number of nitrogens with one attached hydrogen (secondary N) is 2. The molecule has 0 unspecified atom stereocenters. The SMILES string of the molecule is CC(C)(C)[Si]1(OC(=O)[C@H](Cc2ccccc2)NC(=O)[C@H](Cc2ccccc2)NC(=O)OCc2ccccc2)CCCC1. The van der Waals surface area contributed by atoms with Crippen molar-refractivity contribution >= 4 is 26.3 Å². The molecule has 0 radical (unpaired) electrons. The van der Waals surface area contributed by atoms with Crippen molar-refractivity contribution in [1.82, 2.24) is 10.6 Å². The lowest BCUT2D eigenvalue weighted by Gasteiger charge is -2.39. The van der Waals surface area contributed by atoms with Crippen molar-refractivity contribution in [3.05, 3.63) is 108 Å². The second kappa shape index (κ2) is 14.3. The van der Waals surface area contributed by atoms with Gasteiger partial charge in [-0.1, -0.05) is 125 Å². The third kappa shape index (κ3) is 8.55. The van der Waals surface area contributed by atoms with E-state index in [9.17, 15) is 14.4 Å². The van der Waals surface area contributed by atoms with Crippen LogP contribution in [0, 0.1) is 0 Å². The minimum Gasteiger partial charge on any atom is -0.517 e. The Kier molecular flexibility index (Phi) is 10.6. The van der Waals surface area contributed by atoms with Crippen LogP contribution in [-0.2, 0) is 38.2 Å². The molecular weight excluding hydrogens is 544 g/mol. The van der Waals surface area contributed by atoms with E-state index in [-0.39, 0.29) is 24.5 Å². The first kappa shape index (κ1) is 31.0. The Balaban J connectivity index is 1.53. The van der Waals surface area contributed by atoms with Crippen molar-refractivity contribution in [3.63, 3.8) is 0 Å². The third-order valence-corrected chi connectivity index (χ3v) is 13.7. The molecular formula is C34H42N2O5Si. The highest BCUT2D eigenvalue weighted by Crippen LogP contribution is 2.48. The highest BCUT2D eigenvalue weighted by Gasteiger charge is 2.52. The summed E-state index contributed by atoms with van der Waals surface area (Å²) in [5.41, 5.74) is 2.62. The van der Waals surface area contributed by atoms with Crippen LogP contribution >= 0.6 is 0 Å². The predicted molar refractivity (Wildman–Crippen MR) is 166 cm³/mol. The Morgan fingerprint density at radius 3 is 1.69 bits per heavy atom. The third-order valence-electron chi connectivity index (χ3n) is 8.06. The van der Waals surface area contributed by atoms with E-state index in [1.165, 1.54) is 0 Å². The molecule has 1 aliphatic rings. The number of hydrogen-bond acceptors (Lipinski definition) is 5. The number of rotatable bonds is 11. The van der Waals surface area contributed by atoms with Gasteiger partial charge in [0, 0.05) is 12.8 Å². The van der Waals surface area contributed by atoms with Crippen LogP contribution in [0.4, 0.5) is 4.79 Å². The lowest BCUT2D eigenvalue weighted by atomic mass is 10.0. The molecule has 1 saturated heterocycles. The van der Waals surface area contributed by atoms with E-state index in [1.54, 1.807) is 0 Å². The monoisotopic (exact) mass is 586 g/mol. The van der Waals surface area contributed by atoms with E-state index in [1.807, 2.05) is 91.0 Å². The number of hydrogen-bond donors (Lipinski definition) is 2. The summed E-state index contributed by atoms with van der Waals surface area (Å²) in [6, 6.07) is 28.4. The summed E-state index contributed by atoms with van der Waals surface area (Å²) in [7, 11) is -2.38. The molecule has 4 rings (SSSR count). The first-order chi connectivity index (χ1) is 20.1. The molecule has 2 amide bonds. The molecule has 1 fully saturated rings. The van der Waals surface area contributed by atoms with Gasteiger partial charge in [-0.15, -0.1) is 0 Å². The van der Waals surface area contributed by atoms with Crippen molar-refractivity contribution in [1.29, 1.82) is 0 Å². The fourth-order valence-electron chi connectivity index (χ4n) is 5.50. The second-order valence-electron chi connectivity index (χ2n) is 12.1. The Hall–Kier alpha value is -3.91. The van der Waals surface area contributed by atoms with Gasteiger partial charge in [-0.05, 0) is 33.8 Å². The van der Waals surface area contributed by atoms with Crippen molar-refractivity contribution in [3.8, 4) is 0 Å². The first-order valence-corrected chi connectivity index (χ1v) is 17.1. The molecule has 0 aliphatic carbocycles. The summed E-state index contributed by atoms with van der Waals surface area (Å²) in [5, 5.41) is 5.57. The number of carbonyl (C=O) groups is 3. The van der Waals surface area contributed by atoms with Gasteiger partial charge in [-0.3, -0.25) is 9.59 Å². The van der Waals surface area contributed by atoms with Gasteiger partial charge in [-0.25, -0.2) is 4.79 Å². The van der Waals surface area contributed by atoms with Crippen molar-refractivity contribution < 1.29 is 23.5 Å². The van der Waals surface area contributed by atoms with Crippen LogP contribution in [0.1, 0.15) is 50.3 Å². The Bertz CT molecular complexity index is 1310. The highest BCUT2D eigenvalue weighted by molar-refractivity contribution is 6.78. The molecule has 2 atom stereocenters. The van der Waals surface area contributed by atoms with Gasteiger partial charge in [0.2, 0.25) is 5.91 Å². The number of amides is 2. The summed E-state index contributed by atoms with van der Waals surface area (Å²) in [4.78, 5) is 40.5. The smallest absolute Gasteiger partial charge is 0.408 e. The topological polar surface area (TPSA) is 93.7 Å². The molecule has 1 heterocycles. The van der Waals surface area contributed by atoms with Crippen LogP contribution in [0.2, 0.25) is 17.1 Å². The van der Waals surface area contributed by atoms with E-state index < -0.39 is 38.4 Å². The number of alkyl carbamates (subject to hydrolysis) is 1. The van der Waals surface area contributed by atoms with Crippen LogP contribution in [0.15, 0.2) is 91.0 Å². The van der Waals surface area contributed by atoms with E-state index in [4.69, 9.17) is 9.16 Å². The molecule has 3 aromatic carbocycles. The van der Waals surface area contributed by atoms with Crippen LogP contribution in [0.3, 0.4) is 0 Å². The Morgan fingerprint density at radius 2 is 1.19 bits per heavy atom. The van der Waals surface area contributed by atoms with Gasteiger partial charge in [-0.2, -0.15) is 0 Å². The summed E-state index contributed by atoms with van der Waals surface area (Å²) in [6.07, 6.45) is 1.93. The second-order valence-corrected chi connectivity index (χ2v) is 16.8. The molecule has 1 aliphatic heterocycles. The zero-order valence-electron chi connectivity index (χ0n) is 24.8. The molecule has 8 heteroatoms. The van der Waals surface area contributed by atoms with Crippen LogP contribution in [0.5, 0.6) is 0 Å². The molecule has 42 heavy (non-hydrogen) atoms. The van der Waals surface area contributed by atoms with Crippen LogP contribution < -0.4 is 10.6 Å². The van der Waals surface area contributed by atoms with E-state index in [0.717, 1.165) is 41.6 Å². The van der Waals surface area contributed by atoms with Gasteiger partial charge >= 0.3 is 12.1 Å². The molecule has 7 nitrogen and oxygen atoms in total. The normalized spacial score (nSPS) is 15.7. The average molecular weight is 587 g/mol. The molecule has 0 spiro atoms. The quantitative estimate of drug-likeness (QED) is 0.256. The maximum absolute atomic E-state index is 13.8. The predicted octanol–water partition coefficient (Wildman–Crippen LogP) is 6.33. The van der Waals surface area contributed by atoms with Gasteiger partial charge < -0.3 is 19.8 Å². The maximum Gasteiger partial charge on any atom is 0.408 e. The highest BCUT2D eigenvalue weighted by atomic mass is 28.4. The Labute approximate surface area is 250 Å². The average Bonchev–Trinajstić information content (AvgIpc) is 3.47. The lowest BCUT2D eigenvalue weighted by Crippen LogP contribution is -2.56. The minimum absolute atomic E-state index is 0.0782. The molecule has 0 saturated carbocycles. The number of ether oxygens (including phenoxy) is 1. The van der Waals surface area contributed by atoms with E-state index in [0.29, 0.717) is 0 Å². The fraction of sp³-hybridized carbons (Fsp3) is 0.382. The molecule has 2 N–H and O–H groups in total. The molecule has 0 bridgehead atoms. The van der Waals surface area contributed by atoms with E-state index >= 15 is 0 Å². The fourth-order valence-corrected chi connectivity index (χ4v) is 9.93. The summed E-state index contributed by atoms with van der Waals surface area (Å²) in [5.74, 6) is -0.868. The lowest BCUT2D eigenvalue weighted by molar-refractivity contribution is -0.140.